The summed E-state index contributed by atoms with van der Waals surface area (Å²) in [5, 5.41) is 14.1. The highest BCUT2D eigenvalue weighted by molar-refractivity contribution is 6.30. The third-order valence-electron chi connectivity index (χ3n) is 3.63. The third kappa shape index (κ3) is 3.62. The number of aliphatic hydroxyl groups is 1. The summed E-state index contributed by atoms with van der Waals surface area (Å²) in [6.07, 6.45) is 2.25. The van der Waals surface area contributed by atoms with E-state index >= 15 is 0 Å². The van der Waals surface area contributed by atoms with Crippen molar-refractivity contribution in [2.75, 3.05) is 5.32 Å². The van der Waals surface area contributed by atoms with Crippen LogP contribution in [0.2, 0.25) is 5.02 Å². The molecule has 0 aliphatic carbocycles. The zero-order valence-electron chi connectivity index (χ0n) is 12.7. The first-order chi connectivity index (χ1) is 11.6. The fourth-order valence-electron chi connectivity index (χ4n) is 2.37. The fourth-order valence-corrected chi connectivity index (χ4v) is 2.50. The number of rotatable bonds is 4. The second-order valence-corrected chi connectivity index (χ2v) is 5.67. The van der Waals surface area contributed by atoms with Gasteiger partial charge >= 0.3 is 0 Å². The second kappa shape index (κ2) is 7.25. The molecule has 1 amide bonds. The summed E-state index contributed by atoms with van der Waals surface area (Å²) < 4.78 is 0. The number of hydrogen-bond acceptors (Lipinski definition) is 3. The molecule has 0 aliphatic heterocycles. The van der Waals surface area contributed by atoms with Crippen LogP contribution in [0.1, 0.15) is 27.6 Å². The summed E-state index contributed by atoms with van der Waals surface area (Å²) in [5.41, 5.74) is 2.37. The molecular formula is C19H15ClN2O2. The molecule has 4 nitrogen and oxygen atoms in total. The molecule has 3 aromatic rings. The Hall–Kier alpha value is -2.69. The highest BCUT2D eigenvalue weighted by Gasteiger charge is 2.16. The van der Waals surface area contributed by atoms with Crippen LogP contribution in [0.4, 0.5) is 5.69 Å². The standard InChI is InChI=1S/C19H15ClN2O2/c20-15-7-5-13(6-8-15)18(23)16-3-1-2-4-17(16)22-19(24)14-9-11-21-12-10-14/h1-12,18,23H,(H,22,24). The number of aromatic nitrogens is 1. The van der Waals surface area contributed by atoms with Crippen LogP contribution < -0.4 is 5.32 Å². The van der Waals surface area contributed by atoms with E-state index < -0.39 is 6.10 Å². The molecule has 0 bridgehead atoms. The van der Waals surface area contributed by atoms with Crippen molar-refractivity contribution in [2.24, 2.45) is 0 Å². The maximum Gasteiger partial charge on any atom is 0.255 e. The fraction of sp³-hybridized carbons (Fsp3) is 0.0526. The summed E-state index contributed by atoms with van der Waals surface area (Å²) in [7, 11) is 0. The summed E-state index contributed by atoms with van der Waals surface area (Å²) in [5.74, 6) is -0.256. The Morgan fingerprint density at radius 2 is 1.67 bits per heavy atom. The number of amides is 1. The molecule has 24 heavy (non-hydrogen) atoms. The van der Waals surface area contributed by atoms with E-state index in [-0.39, 0.29) is 5.91 Å². The molecule has 0 radical (unpaired) electrons. The normalized spacial score (nSPS) is 11.8. The van der Waals surface area contributed by atoms with Crippen molar-refractivity contribution in [3.63, 3.8) is 0 Å². The van der Waals surface area contributed by atoms with Gasteiger partial charge in [-0.3, -0.25) is 9.78 Å². The Morgan fingerprint density at radius 3 is 2.38 bits per heavy atom. The molecule has 0 saturated carbocycles. The van der Waals surface area contributed by atoms with Gasteiger partial charge in [0.05, 0.1) is 0 Å². The van der Waals surface area contributed by atoms with Crippen LogP contribution in [-0.4, -0.2) is 16.0 Å². The topological polar surface area (TPSA) is 62.2 Å². The summed E-state index contributed by atoms with van der Waals surface area (Å²) >= 11 is 5.89. The van der Waals surface area contributed by atoms with Crippen molar-refractivity contribution in [1.82, 2.24) is 4.98 Å². The SMILES string of the molecule is O=C(Nc1ccccc1C(O)c1ccc(Cl)cc1)c1ccncc1. The predicted octanol–water partition coefficient (Wildman–Crippen LogP) is 4.07. The van der Waals surface area contributed by atoms with Crippen LogP contribution in [0.15, 0.2) is 73.1 Å². The number of carbonyl (C=O) groups is 1. The van der Waals surface area contributed by atoms with Gasteiger partial charge in [0, 0.05) is 34.2 Å². The molecule has 0 spiro atoms. The Bertz CT molecular complexity index is 836. The van der Waals surface area contributed by atoms with Crippen LogP contribution in [0.25, 0.3) is 0 Å². The summed E-state index contributed by atoms with van der Waals surface area (Å²) in [6, 6.07) is 17.4. The van der Waals surface area contributed by atoms with Crippen molar-refractivity contribution in [3.8, 4) is 0 Å². The van der Waals surface area contributed by atoms with E-state index in [0.29, 0.717) is 27.4 Å². The largest absolute Gasteiger partial charge is 0.384 e. The first-order valence-corrected chi connectivity index (χ1v) is 7.77. The van der Waals surface area contributed by atoms with Gasteiger partial charge in [-0.25, -0.2) is 0 Å². The van der Waals surface area contributed by atoms with Gasteiger partial charge in [-0.1, -0.05) is 41.9 Å². The van der Waals surface area contributed by atoms with Crippen LogP contribution in [0, 0.1) is 0 Å². The first-order valence-electron chi connectivity index (χ1n) is 7.39. The number of anilines is 1. The number of hydrogen-bond donors (Lipinski definition) is 2. The Kier molecular flexibility index (Phi) is 4.89. The van der Waals surface area contributed by atoms with Crippen molar-refractivity contribution in [3.05, 3.63) is 94.8 Å². The molecule has 1 atom stereocenters. The minimum Gasteiger partial charge on any atom is -0.384 e. The molecule has 0 aliphatic rings. The van der Waals surface area contributed by atoms with E-state index in [9.17, 15) is 9.90 Å². The monoisotopic (exact) mass is 338 g/mol. The molecule has 2 aromatic carbocycles. The molecule has 0 fully saturated rings. The molecule has 3 rings (SSSR count). The molecule has 1 heterocycles. The number of nitrogens with one attached hydrogen (secondary N) is 1. The number of benzene rings is 2. The van der Waals surface area contributed by atoms with Gasteiger partial charge in [0.15, 0.2) is 0 Å². The summed E-state index contributed by atoms with van der Waals surface area (Å²) in [4.78, 5) is 16.2. The van der Waals surface area contributed by atoms with Gasteiger partial charge < -0.3 is 10.4 Å². The highest BCUT2D eigenvalue weighted by Crippen LogP contribution is 2.29. The molecule has 1 unspecified atom stereocenters. The van der Waals surface area contributed by atoms with Crippen LogP contribution in [-0.2, 0) is 0 Å². The molecule has 5 heteroatoms. The van der Waals surface area contributed by atoms with Crippen LogP contribution in [0.5, 0.6) is 0 Å². The smallest absolute Gasteiger partial charge is 0.255 e. The zero-order valence-corrected chi connectivity index (χ0v) is 13.4. The van der Waals surface area contributed by atoms with Crippen LogP contribution >= 0.6 is 11.6 Å². The maximum absolute atomic E-state index is 12.3. The predicted molar refractivity (Wildman–Crippen MR) is 94.1 cm³/mol. The lowest BCUT2D eigenvalue weighted by Gasteiger charge is -2.16. The lowest BCUT2D eigenvalue weighted by molar-refractivity contribution is 0.102. The van der Waals surface area contributed by atoms with Crippen molar-refractivity contribution in [2.45, 2.75) is 6.10 Å². The van der Waals surface area contributed by atoms with Gasteiger partial charge in [-0.15, -0.1) is 0 Å². The number of halogens is 1. The summed E-state index contributed by atoms with van der Waals surface area (Å²) in [6.45, 7) is 0. The Morgan fingerprint density at radius 1 is 1.00 bits per heavy atom. The lowest BCUT2D eigenvalue weighted by atomic mass is 10.00. The van der Waals surface area contributed by atoms with E-state index in [1.165, 1.54) is 0 Å². The number of aliphatic hydroxyl groups excluding tert-OH is 1. The molecule has 1 aromatic heterocycles. The highest BCUT2D eigenvalue weighted by atomic mass is 35.5. The maximum atomic E-state index is 12.3. The van der Waals surface area contributed by atoms with Gasteiger partial charge in [-0.05, 0) is 35.9 Å². The zero-order chi connectivity index (χ0) is 16.9. The van der Waals surface area contributed by atoms with E-state index in [1.807, 2.05) is 6.07 Å². The lowest BCUT2D eigenvalue weighted by Crippen LogP contribution is -2.14. The van der Waals surface area contributed by atoms with Crippen LogP contribution in [0.3, 0.4) is 0 Å². The Balaban J connectivity index is 1.88. The second-order valence-electron chi connectivity index (χ2n) is 5.23. The van der Waals surface area contributed by atoms with Crippen molar-refractivity contribution < 1.29 is 9.90 Å². The van der Waals surface area contributed by atoms with Gasteiger partial charge in [-0.2, -0.15) is 0 Å². The molecule has 120 valence electrons. The third-order valence-corrected chi connectivity index (χ3v) is 3.88. The van der Waals surface area contributed by atoms with Gasteiger partial charge in [0.25, 0.3) is 5.91 Å². The Labute approximate surface area is 144 Å². The van der Waals surface area contributed by atoms with E-state index in [4.69, 9.17) is 11.6 Å². The number of pyridine rings is 1. The number of nitrogens with zero attached hydrogens (tertiary/aromatic N) is 1. The molecule has 0 saturated heterocycles. The minimum atomic E-state index is -0.865. The minimum absolute atomic E-state index is 0.256. The molecular weight excluding hydrogens is 324 g/mol. The van der Waals surface area contributed by atoms with Crippen molar-refractivity contribution in [1.29, 1.82) is 0 Å². The first kappa shape index (κ1) is 16.2. The van der Waals surface area contributed by atoms with Crippen molar-refractivity contribution >= 4 is 23.2 Å². The number of para-hydroxylation sites is 1. The number of carbonyl (C=O) groups excluding carboxylic acids is 1. The average molecular weight is 339 g/mol. The van der Waals surface area contributed by atoms with Gasteiger partial charge in [0.2, 0.25) is 0 Å². The molecule has 2 N–H and O–H groups in total. The van der Waals surface area contributed by atoms with E-state index in [1.54, 1.807) is 67.0 Å². The van der Waals surface area contributed by atoms with E-state index in [0.717, 1.165) is 0 Å². The van der Waals surface area contributed by atoms with Gasteiger partial charge in [0.1, 0.15) is 6.10 Å². The average Bonchev–Trinajstić information content (AvgIpc) is 2.63. The van der Waals surface area contributed by atoms with E-state index in [2.05, 4.69) is 10.3 Å². The quantitative estimate of drug-likeness (QED) is 0.753.